The van der Waals surface area contributed by atoms with Crippen molar-refractivity contribution in [3.63, 3.8) is 0 Å². The fraction of sp³-hybridized carbons (Fsp3) is 0.333. The van der Waals surface area contributed by atoms with Crippen LogP contribution in [0.3, 0.4) is 0 Å². The van der Waals surface area contributed by atoms with E-state index in [1.165, 1.54) is 6.07 Å². The van der Waals surface area contributed by atoms with E-state index in [0.29, 0.717) is 10.0 Å². The number of carbonyl (C=O) groups excluding carboxylic acids is 1. The summed E-state index contributed by atoms with van der Waals surface area (Å²) >= 11 is 3.09. The minimum Gasteiger partial charge on any atom is -0.466 e. The van der Waals surface area contributed by atoms with Crippen LogP contribution in [0.2, 0.25) is 0 Å². The Balaban J connectivity index is 3.12. The highest BCUT2D eigenvalue weighted by atomic mass is 79.9. The molecule has 1 rings (SSSR count). The normalized spacial score (nSPS) is 10.2. The fourth-order valence-electron chi connectivity index (χ4n) is 1.42. The molecule has 0 saturated carbocycles. The Labute approximate surface area is 111 Å². The van der Waals surface area contributed by atoms with E-state index in [1.807, 2.05) is 6.07 Å². The minimum atomic E-state index is -2.66. The quantitative estimate of drug-likeness (QED) is 0.800. The molecule has 0 aliphatic carbocycles. The van der Waals surface area contributed by atoms with Crippen molar-refractivity contribution in [3.05, 3.63) is 33.3 Å². The van der Waals surface area contributed by atoms with Crippen molar-refractivity contribution in [2.24, 2.45) is 0 Å². The molecule has 0 unspecified atom stereocenters. The van der Waals surface area contributed by atoms with Crippen LogP contribution in [0.1, 0.15) is 30.0 Å². The number of halogens is 3. The van der Waals surface area contributed by atoms with Crippen LogP contribution in [0.15, 0.2) is 16.6 Å². The van der Waals surface area contributed by atoms with E-state index in [0.717, 1.165) is 6.07 Å². The molecule has 0 aromatic heterocycles. The molecular weight excluding hydrogens is 308 g/mol. The van der Waals surface area contributed by atoms with E-state index in [2.05, 4.69) is 15.9 Å². The van der Waals surface area contributed by atoms with E-state index in [-0.39, 0.29) is 24.2 Å². The predicted octanol–water partition coefficient (Wildman–Crippen LogP) is 3.36. The molecule has 0 heterocycles. The summed E-state index contributed by atoms with van der Waals surface area (Å²) in [6.45, 7) is 1.89. The summed E-state index contributed by atoms with van der Waals surface area (Å²) in [4.78, 5) is 11.4. The number of carbonyl (C=O) groups is 1. The van der Waals surface area contributed by atoms with Crippen molar-refractivity contribution >= 4 is 21.9 Å². The lowest BCUT2D eigenvalue weighted by Crippen LogP contribution is -2.09. The van der Waals surface area contributed by atoms with Crippen LogP contribution < -0.4 is 0 Å². The van der Waals surface area contributed by atoms with Gasteiger partial charge in [-0.15, -0.1) is 0 Å². The molecular formula is C12H10BrF2NO2. The third-order valence-corrected chi connectivity index (χ3v) is 2.92. The van der Waals surface area contributed by atoms with Crippen LogP contribution in [0.4, 0.5) is 8.78 Å². The summed E-state index contributed by atoms with van der Waals surface area (Å²) in [6, 6.07) is 4.10. The van der Waals surface area contributed by atoms with E-state index < -0.39 is 12.4 Å². The summed E-state index contributed by atoms with van der Waals surface area (Å²) in [5.74, 6) is -0.500. The van der Waals surface area contributed by atoms with Gasteiger partial charge in [0.2, 0.25) is 0 Å². The van der Waals surface area contributed by atoms with Crippen molar-refractivity contribution in [3.8, 4) is 6.07 Å². The van der Waals surface area contributed by atoms with E-state index in [4.69, 9.17) is 10.00 Å². The Bertz CT molecular complexity index is 498. The molecule has 0 atom stereocenters. The number of nitriles is 1. The summed E-state index contributed by atoms with van der Waals surface area (Å²) in [7, 11) is 0. The number of benzene rings is 1. The van der Waals surface area contributed by atoms with Gasteiger partial charge >= 0.3 is 5.97 Å². The zero-order valence-corrected chi connectivity index (χ0v) is 11.1. The predicted molar refractivity (Wildman–Crippen MR) is 64.2 cm³/mol. The van der Waals surface area contributed by atoms with Crippen LogP contribution >= 0.6 is 15.9 Å². The lowest BCUT2D eigenvalue weighted by Gasteiger charge is -2.09. The molecule has 0 N–H and O–H groups in total. The molecule has 0 spiro atoms. The maximum atomic E-state index is 12.6. The van der Waals surface area contributed by atoms with E-state index in [9.17, 15) is 13.6 Å². The standard InChI is InChI=1S/C12H10BrF2NO2/c1-2-18-11(17)5-9-8(6-16)3-7(12(14)15)4-10(9)13/h3-4,12H,2,5H2,1H3. The maximum Gasteiger partial charge on any atom is 0.310 e. The Morgan fingerprint density at radius 1 is 1.56 bits per heavy atom. The maximum absolute atomic E-state index is 12.6. The number of hydrogen-bond acceptors (Lipinski definition) is 3. The number of alkyl halides is 2. The van der Waals surface area contributed by atoms with Gasteiger partial charge in [-0.25, -0.2) is 8.78 Å². The first-order valence-electron chi connectivity index (χ1n) is 5.15. The largest absolute Gasteiger partial charge is 0.466 e. The molecule has 0 aliphatic rings. The van der Waals surface area contributed by atoms with Gasteiger partial charge in [0, 0.05) is 10.0 Å². The van der Waals surface area contributed by atoms with Gasteiger partial charge in [0.05, 0.1) is 24.7 Å². The van der Waals surface area contributed by atoms with Crippen LogP contribution in [0.25, 0.3) is 0 Å². The van der Waals surface area contributed by atoms with Gasteiger partial charge < -0.3 is 4.74 Å². The Morgan fingerprint density at radius 2 is 2.22 bits per heavy atom. The molecule has 0 radical (unpaired) electrons. The van der Waals surface area contributed by atoms with Crippen LogP contribution in [0.5, 0.6) is 0 Å². The average molecular weight is 318 g/mol. The Kier molecular flexibility index (Phi) is 5.23. The number of nitrogens with zero attached hydrogens (tertiary/aromatic N) is 1. The zero-order chi connectivity index (χ0) is 13.7. The van der Waals surface area contributed by atoms with Gasteiger partial charge in [-0.1, -0.05) is 15.9 Å². The first kappa shape index (κ1) is 14.6. The molecule has 0 aliphatic heterocycles. The van der Waals surface area contributed by atoms with Gasteiger partial charge in [-0.3, -0.25) is 4.79 Å². The van der Waals surface area contributed by atoms with Gasteiger partial charge in [0.15, 0.2) is 0 Å². The smallest absolute Gasteiger partial charge is 0.310 e. The van der Waals surface area contributed by atoms with Gasteiger partial charge in [0.1, 0.15) is 0 Å². The highest BCUT2D eigenvalue weighted by Gasteiger charge is 2.17. The first-order valence-corrected chi connectivity index (χ1v) is 5.95. The molecule has 1 aromatic rings. The van der Waals surface area contributed by atoms with Gasteiger partial charge in [-0.2, -0.15) is 5.26 Å². The molecule has 6 heteroatoms. The molecule has 0 saturated heterocycles. The third kappa shape index (κ3) is 3.50. The lowest BCUT2D eigenvalue weighted by molar-refractivity contribution is -0.142. The highest BCUT2D eigenvalue weighted by molar-refractivity contribution is 9.10. The van der Waals surface area contributed by atoms with Crippen molar-refractivity contribution < 1.29 is 18.3 Å². The van der Waals surface area contributed by atoms with Crippen molar-refractivity contribution in [1.29, 1.82) is 5.26 Å². The fourth-order valence-corrected chi connectivity index (χ4v) is 2.04. The second kappa shape index (κ2) is 6.45. The summed E-state index contributed by atoms with van der Waals surface area (Å²) in [6.07, 6.45) is -2.79. The molecule has 18 heavy (non-hydrogen) atoms. The molecule has 0 amide bonds. The Hall–Kier alpha value is -1.48. The SMILES string of the molecule is CCOC(=O)Cc1c(Br)cc(C(F)F)cc1C#N. The van der Waals surface area contributed by atoms with E-state index >= 15 is 0 Å². The molecule has 0 bridgehead atoms. The third-order valence-electron chi connectivity index (χ3n) is 2.22. The summed E-state index contributed by atoms with van der Waals surface area (Å²) < 4.78 is 30.2. The number of esters is 1. The van der Waals surface area contributed by atoms with Crippen molar-refractivity contribution in [1.82, 2.24) is 0 Å². The van der Waals surface area contributed by atoms with Crippen LogP contribution in [-0.4, -0.2) is 12.6 Å². The first-order chi connectivity index (χ1) is 8.49. The number of ether oxygens (including phenoxy) is 1. The summed E-state index contributed by atoms with van der Waals surface area (Å²) in [5, 5.41) is 8.92. The molecule has 1 aromatic carbocycles. The molecule has 3 nitrogen and oxygen atoms in total. The Morgan fingerprint density at radius 3 is 2.72 bits per heavy atom. The lowest BCUT2D eigenvalue weighted by atomic mass is 10.0. The second-order valence-electron chi connectivity index (χ2n) is 3.42. The van der Waals surface area contributed by atoms with Crippen molar-refractivity contribution in [2.75, 3.05) is 6.61 Å². The summed E-state index contributed by atoms with van der Waals surface area (Å²) in [5.41, 5.74) is 0.152. The van der Waals surface area contributed by atoms with Crippen LogP contribution in [-0.2, 0) is 16.0 Å². The highest BCUT2D eigenvalue weighted by Crippen LogP contribution is 2.28. The van der Waals surface area contributed by atoms with E-state index in [1.54, 1.807) is 6.92 Å². The minimum absolute atomic E-state index is 0.0488. The number of rotatable bonds is 4. The monoisotopic (exact) mass is 317 g/mol. The van der Waals surface area contributed by atoms with Gasteiger partial charge in [-0.05, 0) is 24.6 Å². The zero-order valence-electron chi connectivity index (χ0n) is 9.54. The van der Waals surface area contributed by atoms with Crippen LogP contribution in [0, 0.1) is 11.3 Å². The van der Waals surface area contributed by atoms with Crippen molar-refractivity contribution in [2.45, 2.75) is 19.8 Å². The molecule has 0 fully saturated rings. The van der Waals surface area contributed by atoms with Gasteiger partial charge in [0.25, 0.3) is 6.43 Å². The topological polar surface area (TPSA) is 50.1 Å². The second-order valence-corrected chi connectivity index (χ2v) is 4.28. The molecule has 96 valence electrons. The average Bonchev–Trinajstić information content (AvgIpc) is 2.31. The number of hydrogen-bond donors (Lipinski definition) is 0.